The molecule has 0 spiro atoms. The van der Waals surface area contributed by atoms with Crippen LogP contribution in [0.3, 0.4) is 0 Å². The standard InChI is InChI=1S/C13H24N4O2/c1-5-16(3)9-11(2)8-14-13(18)17(4)10-12-6-7-19-15-12/h6-7,11H,5,8-10H2,1-4H3,(H,14,18)/t11-/m0/s1. The van der Waals surface area contributed by atoms with E-state index in [9.17, 15) is 4.79 Å². The number of aromatic nitrogens is 1. The molecule has 19 heavy (non-hydrogen) atoms. The highest BCUT2D eigenvalue weighted by Crippen LogP contribution is 2.01. The summed E-state index contributed by atoms with van der Waals surface area (Å²) in [5.74, 6) is 0.425. The van der Waals surface area contributed by atoms with E-state index >= 15 is 0 Å². The molecule has 0 aromatic carbocycles. The molecule has 0 aliphatic carbocycles. The van der Waals surface area contributed by atoms with E-state index in [1.807, 2.05) is 0 Å². The van der Waals surface area contributed by atoms with Gasteiger partial charge >= 0.3 is 6.03 Å². The van der Waals surface area contributed by atoms with Gasteiger partial charge in [-0.3, -0.25) is 0 Å². The molecule has 1 aromatic heterocycles. The summed E-state index contributed by atoms with van der Waals surface area (Å²) < 4.78 is 4.74. The lowest BCUT2D eigenvalue weighted by Gasteiger charge is -2.22. The van der Waals surface area contributed by atoms with Crippen LogP contribution >= 0.6 is 0 Å². The molecule has 2 amide bonds. The summed E-state index contributed by atoms with van der Waals surface area (Å²) in [6, 6.07) is 1.66. The topological polar surface area (TPSA) is 61.6 Å². The number of hydrogen-bond donors (Lipinski definition) is 1. The van der Waals surface area contributed by atoms with E-state index in [2.05, 4.69) is 36.3 Å². The predicted molar refractivity (Wildman–Crippen MR) is 73.7 cm³/mol. The van der Waals surface area contributed by atoms with Crippen molar-refractivity contribution in [3.05, 3.63) is 18.0 Å². The monoisotopic (exact) mass is 268 g/mol. The Kier molecular flexibility index (Phi) is 6.35. The Morgan fingerprint density at radius 1 is 1.53 bits per heavy atom. The van der Waals surface area contributed by atoms with Crippen molar-refractivity contribution < 1.29 is 9.32 Å². The van der Waals surface area contributed by atoms with Gasteiger partial charge in [-0.1, -0.05) is 19.0 Å². The van der Waals surface area contributed by atoms with Crippen LogP contribution in [0.5, 0.6) is 0 Å². The molecule has 0 unspecified atom stereocenters. The number of carbonyl (C=O) groups is 1. The smallest absolute Gasteiger partial charge is 0.317 e. The zero-order chi connectivity index (χ0) is 14.3. The summed E-state index contributed by atoms with van der Waals surface area (Å²) in [5.41, 5.74) is 0.747. The van der Waals surface area contributed by atoms with Gasteiger partial charge in [-0.25, -0.2) is 4.79 Å². The van der Waals surface area contributed by atoms with Crippen LogP contribution in [0, 0.1) is 5.92 Å². The second kappa shape index (κ2) is 7.78. The highest BCUT2D eigenvalue weighted by Gasteiger charge is 2.12. The van der Waals surface area contributed by atoms with Gasteiger partial charge in [0.25, 0.3) is 0 Å². The number of rotatable bonds is 7. The first-order valence-electron chi connectivity index (χ1n) is 6.59. The minimum absolute atomic E-state index is 0.0889. The van der Waals surface area contributed by atoms with Gasteiger partial charge in [0.2, 0.25) is 0 Å². The Hall–Kier alpha value is -1.56. The van der Waals surface area contributed by atoms with Crippen molar-refractivity contribution in [3.8, 4) is 0 Å². The van der Waals surface area contributed by atoms with Crippen molar-refractivity contribution in [2.45, 2.75) is 20.4 Å². The minimum atomic E-state index is -0.0889. The van der Waals surface area contributed by atoms with Crippen molar-refractivity contribution in [1.82, 2.24) is 20.3 Å². The maximum atomic E-state index is 11.9. The third kappa shape index (κ3) is 5.74. The largest absolute Gasteiger partial charge is 0.364 e. The van der Waals surface area contributed by atoms with E-state index < -0.39 is 0 Å². The lowest BCUT2D eigenvalue weighted by molar-refractivity contribution is 0.201. The fourth-order valence-electron chi connectivity index (χ4n) is 1.76. The molecule has 0 aliphatic heterocycles. The molecule has 0 fully saturated rings. The van der Waals surface area contributed by atoms with Gasteiger partial charge in [0, 0.05) is 26.2 Å². The van der Waals surface area contributed by atoms with Crippen molar-refractivity contribution in [2.24, 2.45) is 5.92 Å². The van der Waals surface area contributed by atoms with E-state index in [0.717, 1.165) is 18.8 Å². The van der Waals surface area contributed by atoms with Crippen LogP contribution in [-0.4, -0.2) is 54.7 Å². The van der Waals surface area contributed by atoms with Crippen LogP contribution in [0.4, 0.5) is 4.79 Å². The normalized spacial score (nSPS) is 12.5. The van der Waals surface area contributed by atoms with E-state index in [1.165, 1.54) is 6.26 Å². The predicted octanol–water partition coefficient (Wildman–Crippen LogP) is 1.40. The van der Waals surface area contributed by atoms with Gasteiger partial charge in [0.15, 0.2) is 0 Å². The molecule has 0 saturated carbocycles. The summed E-state index contributed by atoms with van der Waals surface area (Å²) in [5, 5.41) is 6.71. The second-order valence-electron chi connectivity index (χ2n) is 4.99. The van der Waals surface area contributed by atoms with Crippen LogP contribution in [0.2, 0.25) is 0 Å². The van der Waals surface area contributed by atoms with E-state index in [4.69, 9.17) is 4.52 Å². The Labute approximate surface area is 114 Å². The van der Waals surface area contributed by atoms with Gasteiger partial charge in [-0.05, 0) is 19.5 Å². The van der Waals surface area contributed by atoms with Crippen molar-refractivity contribution in [2.75, 3.05) is 33.7 Å². The van der Waals surface area contributed by atoms with Crippen LogP contribution < -0.4 is 5.32 Å². The summed E-state index contributed by atoms with van der Waals surface area (Å²) in [7, 11) is 3.82. The number of carbonyl (C=O) groups excluding carboxylic acids is 1. The zero-order valence-corrected chi connectivity index (χ0v) is 12.2. The Bertz CT molecular complexity index is 367. The van der Waals surface area contributed by atoms with Gasteiger partial charge in [0.1, 0.15) is 12.0 Å². The quantitative estimate of drug-likeness (QED) is 0.812. The van der Waals surface area contributed by atoms with Crippen molar-refractivity contribution >= 4 is 6.03 Å². The molecule has 6 nitrogen and oxygen atoms in total. The molecule has 1 rings (SSSR count). The maximum Gasteiger partial charge on any atom is 0.317 e. The summed E-state index contributed by atoms with van der Waals surface area (Å²) in [4.78, 5) is 15.7. The van der Waals surface area contributed by atoms with Crippen LogP contribution in [0.25, 0.3) is 0 Å². The molecule has 108 valence electrons. The van der Waals surface area contributed by atoms with Crippen LogP contribution in [0.1, 0.15) is 19.5 Å². The summed E-state index contributed by atoms with van der Waals surface area (Å²) in [6.45, 7) is 7.37. The molecular weight excluding hydrogens is 244 g/mol. The van der Waals surface area contributed by atoms with Gasteiger partial charge < -0.3 is 19.6 Å². The fourth-order valence-corrected chi connectivity index (χ4v) is 1.76. The molecule has 1 aromatic rings. The lowest BCUT2D eigenvalue weighted by atomic mass is 10.1. The molecule has 0 saturated heterocycles. The molecule has 1 N–H and O–H groups in total. The SMILES string of the molecule is CCN(C)C[C@@H](C)CNC(=O)N(C)Cc1ccon1. The van der Waals surface area contributed by atoms with E-state index in [1.54, 1.807) is 18.0 Å². The molecule has 0 aliphatic rings. The Balaban J connectivity index is 2.26. The molecule has 0 radical (unpaired) electrons. The number of nitrogens with zero attached hydrogens (tertiary/aromatic N) is 3. The highest BCUT2D eigenvalue weighted by atomic mass is 16.5. The first-order chi connectivity index (χ1) is 9.02. The average molecular weight is 268 g/mol. The fraction of sp³-hybridized carbons (Fsp3) is 0.692. The van der Waals surface area contributed by atoms with Crippen molar-refractivity contribution in [1.29, 1.82) is 0 Å². The Morgan fingerprint density at radius 3 is 2.84 bits per heavy atom. The number of nitrogens with one attached hydrogen (secondary N) is 1. The first kappa shape index (κ1) is 15.5. The zero-order valence-electron chi connectivity index (χ0n) is 12.2. The average Bonchev–Trinajstić information content (AvgIpc) is 2.88. The molecule has 6 heteroatoms. The van der Waals surface area contributed by atoms with Gasteiger partial charge in [0.05, 0.1) is 6.54 Å². The maximum absolute atomic E-state index is 11.9. The molecule has 1 heterocycles. The third-order valence-corrected chi connectivity index (χ3v) is 3.00. The summed E-state index contributed by atoms with van der Waals surface area (Å²) >= 11 is 0. The molecular formula is C13H24N4O2. The van der Waals surface area contributed by atoms with Crippen LogP contribution in [0.15, 0.2) is 16.9 Å². The third-order valence-electron chi connectivity index (χ3n) is 3.00. The number of urea groups is 1. The Morgan fingerprint density at radius 2 is 2.26 bits per heavy atom. The van der Waals surface area contributed by atoms with Gasteiger partial charge in [-0.2, -0.15) is 0 Å². The molecule has 0 bridgehead atoms. The lowest BCUT2D eigenvalue weighted by Crippen LogP contribution is -2.40. The van der Waals surface area contributed by atoms with Crippen molar-refractivity contribution in [3.63, 3.8) is 0 Å². The highest BCUT2D eigenvalue weighted by molar-refractivity contribution is 5.73. The summed E-state index contributed by atoms with van der Waals surface area (Å²) in [6.07, 6.45) is 1.50. The minimum Gasteiger partial charge on any atom is -0.364 e. The molecule has 1 atom stereocenters. The second-order valence-corrected chi connectivity index (χ2v) is 4.99. The number of amides is 2. The van der Waals surface area contributed by atoms with Gasteiger partial charge in [-0.15, -0.1) is 0 Å². The van der Waals surface area contributed by atoms with Crippen LogP contribution in [-0.2, 0) is 6.54 Å². The van der Waals surface area contributed by atoms with E-state index in [-0.39, 0.29) is 6.03 Å². The van der Waals surface area contributed by atoms with E-state index in [0.29, 0.717) is 19.0 Å². The number of hydrogen-bond acceptors (Lipinski definition) is 4. The first-order valence-corrected chi connectivity index (χ1v) is 6.59.